The molecule has 1 fully saturated rings. The molecule has 0 bridgehead atoms. The van der Waals surface area contributed by atoms with Crippen LogP contribution in [-0.2, 0) is 4.79 Å². The molecule has 2 rings (SSSR count). The van der Waals surface area contributed by atoms with Gasteiger partial charge in [0.2, 0.25) is 5.91 Å². The Morgan fingerprint density at radius 1 is 1.15 bits per heavy atom. The average molecular weight is 386 g/mol. The van der Waals surface area contributed by atoms with Crippen molar-refractivity contribution in [3.8, 4) is 0 Å². The fourth-order valence-electron chi connectivity index (χ4n) is 2.33. The highest BCUT2D eigenvalue weighted by molar-refractivity contribution is 14.1. The number of rotatable bonds is 5. The standard InChI is InChI=1S/C15H19IN2O2/c1-17(11-15(20)18-8-2-3-9-18)10-14(19)12-4-6-13(16)7-5-12/h4-7H,2-3,8-11H2,1H3. The minimum absolute atomic E-state index is 0.0538. The maximum atomic E-state index is 12.1. The lowest BCUT2D eigenvalue weighted by molar-refractivity contribution is -0.130. The molecule has 1 saturated heterocycles. The smallest absolute Gasteiger partial charge is 0.236 e. The van der Waals surface area contributed by atoms with Crippen LogP contribution < -0.4 is 0 Å². The average Bonchev–Trinajstić information content (AvgIpc) is 2.93. The van der Waals surface area contributed by atoms with E-state index in [-0.39, 0.29) is 18.2 Å². The number of ketones is 1. The van der Waals surface area contributed by atoms with Crippen molar-refractivity contribution in [2.75, 3.05) is 33.2 Å². The Kier molecular flexibility index (Phi) is 5.54. The summed E-state index contributed by atoms with van der Waals surface area (Å²) in [6.45, 7) is 2.31. The molecule has 1 aromatic rings. The van der Waals surface area contributed by atoms with Crippen LogP contribution in [0.5, 0.6) is 0 Å². The molecule has 0 radical (unpaired) electrons. The second-order valence-electron chi connectivity index (χ2n) is 5.19. The number of likely N-dealkylation sites (N-methyl/N-ethyl adjacent to an activating group) is 1. The van der Waals surface area contributed by atoms with Gasteiger partial charge >= 0.3 is 0 Å². The first-order chi connectivity index (χ1) is 9.56. The summed E-state index contributed by atoms with van der Waals surface area (Å²) in [4.78, 5) is 27.8. The van der Waals surface area contributed by atoms with E-state index in [0.29, 0.717) is 12.1 Å². The van der Waals surface area contributed by atoms with Gasteiger partial charge in [0.15, 0.2) is 5.78 Å². The monoisotopic (exact) mass is 386 g/mol. The van der Waals surface area contributed by atoms with E-state index < -0.39 is 0 Å². The molecule has 0 unspecified atom stereocenters. The zero-order valence-electron chi connectivity index (χ0n) is 11.6. The van der Waals surface area contributed by atoms with Gasteiger partial charge in [0.1, 0.15) is 0 Å². The lowest BCUT2D eigenvalue weighted by Gasteiger charge is -2.20. The molecule has 1 aliphatic heterocycles. The Hall–Kier alpha value is -0.950. The van der Waals surface area contributed by atoms with Crippen LogP contribution in [0.2, 0.25) is 0 Å². The molecular weight excluding hydrogens is 367 g/mol. The van der Waals surface area contributed by atoms with Gasteiger partial charge in [0.05, 0.1) is 13.1 Å². The molecule has 0 spiro atoms. The Morgan fingerprint density at radius 2 is 1.75 bits per heavy atom. The van der Waals surface area contributed by atoms with Gasteiger partial charge in [-0.1, -0.05) is 12.1 Å². The van der Waals surface area contributed by atoms with Gasteiger partial charge in [0.25, 0.3) is 0 Å². The molecule has 0 saturated carbocycles. The summed E-state index contributed by atoms with van der Waals surface area (Å²) < 4.78 is 1.11. The zero-order valence-corrected chi connectivity index (χ0v) is 13.8. The molecule has 0 aliphatic carbocycles. The fraction of sp³-hybridized carbons (Fsp3) is 0.467. The molecule has 1 aromatic carbocycles. The number of amides is 1. The predicted octanol–water partition coefficient (Wildman–Crippen LogP) is 2.03. The predicted molar refractivity (Wildman–Crippen MR) is 86.8 cm³/mol. The van der Waals surface area contributed by atoms with Crippen molar-refractivity contribution < 1.29 is 9.59 Å². The van der Waals surface area contributed by atoms with E-state index in [0.717, 1.165) is 29.5 Å². The number of benzene rings is 1. The van der Waals surface area contributed by atoms with Crippen molar-refractivity contribution in [3.05, 3.63) is 33.4 Å². The molecule has 0 aromatic heterocycles. The van der Waals surface area contributed by atoms with Crippen molar-refractivity contribution in [1.82, 2.24) is 9.80 Å². The third-order valence-corrected chi connectivity index (χ3v) is 4.16. The highest BCUT2D eigenvalue weighted by atomic mass is 127. The summed E-state index contributed by atoms with van der Waals surface area (Å²) in [5, 5.41) is 0. The Morgan fingerprint density at radius 3 is 2.35 bits per heavy atom. The topological polar surface area (TPSA) is 40.6 Å². The lowest BCUT2D eigenvalue weighted by atomic mass is 10.1. The molecule has 4 nitrogen and oxygen atoms in total. The van der Waals surface area contributed by atoms with E-state index in [1.165, 1.54) is 0 Å². The second-order valence-corrected chi connectivity index (χ2v) is 6.44. The molecule has 0 atom stereocenters. The second kappa shape index (κ2) is 7.17. The normalized spacial score (nSPS) is 14.8. The van der Waals surface area contributed by atoms with E-state index in [2.05, 4.69) is 22.6 Å². The molecule has 1 aliphatic rings. The van der Waals surface area contributed by atoms with Gasteiger partial charge in [-0.2, -0.15) is 0 Å². The maximum absolute atomic E-state index is 12.1. The third kappa shape index (κ3) is 4.28. The highest BCUT2D eigenvalue weighted by Gasteiger charge is 2.20. The zero-order chi connectivity index (χ0) is 14.5. The van der Waals surface area contributed by atoms with E-state index in [4.69, 9.17) is 0 Å². The number of nitrogens with zero attached hydrogens (tertiary/aromatic N) is 2. The van der Waals surface area contributed by atoms with E-state index in [9.17, 15) is 9.59 Å². The van der Waals surface area contributed by atoms with Crippen molar-refractivity contribution in [2.24, 2.45) is 0 Å². The van der Waals surface area contributed by atoms with Gasteiger partial charge in [-0.05, 0) is 54.6 Å². The van der Waals surface area contributed by atoms with Gasteiger partial charge < -0.3 is 4.90 Å². The van der Waals surface area contributed by atoms with Crippen LogP contribution in [0, 0.1) is 3.57 Å². The Labute approximate surface area is 133 Å². The fourth-order valence-corrected chi connectivity index (χ4v) is 2.69. The number of Topliss-reactive ketones (excluding diaryl/α,β-unsaturated/α-hetero) is 1. The number of likely N-dealkylation sites (tertiary alicyclic amines) is 1. The molecular formula is C15H19IN2O2. The van der Waals surface area contributed by atoms with Crippen LogP contribution in [0.1, 0.15) is 23.2 Å². The molecule has 20 heavy (non-hydrogen) atoms. The van der Waals surface area contributed by atoms with Crippen molar-refractivity contribution in [1.29, 1.82) is 0 Å². The van der Waals surface area contributed by atoms with Crippen LogP contribution in [0.15, 0.2) is 24.3 Å². The molecule has 1 amide bonds. The Balaban J connectivity index is 1.84. The summed E-state index contributed by atoms with van der Waals surface area (Å²) in [5.41, 5.74) is 0.700. The first-order valence-electron chi connectivity index (χ1n) is 6.81. The number of carbonyl (C=O) groups is 2. The summed E-state index contributed by atoms with van der Waals surface area (Å²) >= 11 is 2.21. The minimum Gasteiger partial charge on any atom is -0.342 e. The summed E-state index contributed by atoms with van der Waals surface area (Å²) in [6, 6.07) is 7.51. The maximum Gasteiger partial charge on any atom is 0.236 e. The minimum atomic E-state index is 0.0538. The molecule has 1 heterocycles. The van der Waals surface area contributed by atoms with E-state index >= 15 is 0 Å². The first kappa shape index (κ1) is 15.4. The molecule has 5 heteroatoms. The quantitative estimate of drug-likeness (QED) is 0.575. The van der Waals surface area contributed by atoms with Crippen molar-refractivity contribution in [3.63, 3.8) is 0 Å². The Bertz CT molecular complexity index is 481. The van der Waals surface area contributed by atoms with E-state index in [1.54, 1.807) is 4.90 Å². The van der Waals surface area contributed by atoms with Gasteiger partial charge in [-0.3, -0.25) is 14.5 Å². The summed E-state index contributed by atoms with van der Waals surface area (Å²) in [7, 11) is 1.82. The first-order valence-corrected chi connectivity index (χ1v) is 7.89. The van der Waals surface area contributed by atoms with Crippen LogP contribution in [0.4, 0.5) is 0 Å². The number of halogens is 1. The largest absolute Gasteiger partial charge is 0.342 e. The van der Waals surface area contributed by atoms with E-state index in [1.807, 2.05) is 36.2 Å². The highest BCUT2D eigenvalue weighted by Crippen LogP contribution is 2.09. The van der Waals surface area contributed by atoms with Crippen molar-refractivity contribution >= 4 is 34.3 Å². The summed E-state index contributed by atoms with van der Waals surface area (Å²) in [5.74, 6) is 0.179. The van der Waals surface area contributed by atoms with Crippen LogP contribution >= 0.6 is 22.6 Å². The number of carbonyl (C=O) groups excluding carboxylic acids is 2. The van der Waals surface area contributed by atoms with Crippen LogP contribution in [0.25, 0.3) is 0 Å². The van der Waals surface area contributed by atoms with Gasteiger partial charge in [-0.15, -0.1) is 0 Å². The third-order valence-electron chi connectivity index (χ3n) is 3.44. The van der Waals surface area contributed by atoms with Gasteiger partial charge in [-0.25, -0.2) is 0 Å². The SMILES string of the molecule is CN(CC(=O)c1ccc(I)cc1)CC(=O)N1CCCC1. The number of hydrogen-bond donors (Lipinski definition) is 0. The lowest BCUT2D eigenvalue weighted by Crippen LogP contribution is -2.39. The van der Waals surface area contributed by atoms with Crippen LogP contribution in [0.3, 0.4) is 0 Å². The van der Waals surface area contributed by atoms with Crippen LogP contribution in [-0.4, -0.2) is 54.7 Å². The van der Waals surface area contributed by atoms with Crippen molar-refractivity contribution in [2.45, 2.75) is 12.8 Å². The molecule has 0 N–H and O–H groups in total. The molecule has 108 valence electrons. The van der Waals surface area contributed by atoms with Gasteiger partial charge in [0, 0.05) is 22.2 Å². The summed E-state index contributed by atoms with van der Waals surface area (Å²) in [6.07, 6.45) is 2.19. The number of hydrogen-bond acceptors (Lipinski definition) is 3.